The van der Waals surface area contributed by atoms with Crippen molar-refractivity contribution in [3.63, 3.8) is 0 Å². The van der Waals surface area contributed by atoms with E-state index in [1.54, 1.807) is 0 Å². The van der Waals surface area contributed by atoms with Gasteiger partial charge in [-0.05, 0) is 11.8 Å². The van der Waals surface area contributed by atoms with Crippen LogP contribution < -0.4 is 11.1 Å². The standard InChI is InChI=1S/C10H16N2O2/c1-5(2)7-8(6(3)4)12-10(14)9(13)11-7/h5-6H,1-4H3,(H,11,13)(H,12,14). The minimum absolute atomic E-state index is 0.206. The molecule has 0 aliphatic heterocycles. The van der Waals surface area contributed by atoms with Crippen molar-refractivity contribution in [1.29, 1.82) is 0 Å². The predicted molar refractivity (Wildman–Crippen MR) is 55.9 cm³/mol. The molecule has 0 unspecified atom stereocenters. The van der Waals surface area contributed by atoms with E-state index in [2.05, 4.69) is 9.97 Å². The minimum Gasteiger partial charge on any atom is -0.320 e. The van der Waals surface area contributed by atoms with Crippen LogP contribution in [-0.2, 0) is 0 Å². The molecule has 0 saturated carbocycles. The molecular weight excluding hydrogens is 180 g/mol. The molecule has 1 aromatic rings. The summed E-state index contributed by atoms with van der Waals surface area (Å²) >= 11 is 0. The first-order valence-corrected chi connectivity index (χ1v) is 4.79. The van der Waals surface area contributed by atoms with E-state index in [1.807, 2.05) is 27.7 Å². The van der Waals surface area contributed by atoms with Gasteiger partial charge in [0.2, 0.25) is 0 Å². The molecule has 78 valence electrons. The van der Waals surface area contributed by atoms with Gasteiger partial charge in [-0.15, -0.1) is 0 Å². The third-order valence-corrected chi connectivity index (χ3v) is 2.15. The van der Waals surface area contributed by atoms with Crippen LogP contribution in [0.4, 0.5) is 0 Å². The topological polar surface area (TPSA) is 65.7 Å². The van der Waals surface area contributed by atoms with Crippen LogP contribution in [-0.4, -0.2) is 9.97 Å². The van der Waals surface area contributed by atoms with Crippen LogP contribution in [0.25, 0.3) is 0 Å². The van der Waals surface area contributed by atoms with Crippen LogP contribution in [0.15, 0.2) is 9.59 Å². The van der Waals surface area contributed by atoms with E-state index in [0.29, 0.717) is 0 Å². The molecule has 1 rings (SSSR count). The second-order valence-corrected chi connectivity index (χ2v) is 4.04. The van der Waals surface area contributed by atoms with Crippen molar-refractivity contribution in [3.05, 3.63) is 32.1 Å². The maximum Gasteiger partial charge on any atom is 0.313 e. The third-order valence-electron chi connectivity index (χ3n) is 2.15. The lowest BCUT2D eigenvalue weighted by Crippen LogP contribution is -2.32. The molecule has 0 saturated heterocycles. The Bertz CT molecular complexity index is 385. The zero-order valence-electron chi connectivity index (χ0n) is 8.97. The fraction of sp³-hybridized carbons (Fsp3) is 0.600. The summed E-state index contributed by atoms with van der Waals surface area (Å²) in [6.07, 6.45) is 0. The molecule has 1 heterocycles. The molecule has 0 spiro atoms. The molecule has 0 bridgehead atoms. The Morgan fingerprint density at radius 1 is 0.786 bits per heavy atom. The largest absolute Gasteiger partial charge is 0.320 e. The first-order chi connectivity index (χ1) is 6.43. The summed E-state index contributed by atoms with van der Waals surface area (Å²) in [4.78, 5) is 27.5. The fourth-order valence-electron chi connectivity index (χ4n) is 1.40. The number of nitrogens with one attached hydrogen (secondary N) is 2. The van der Waals surface area contributed by atoms with E-state index < -0.39 is 11.1 Å². The van der Waals surface area contributed by atoms with Gasteiger partial charge in [0.1, 0.15) is 0 Å². The monoisotopic (exact) mass is 196 g/mol. The Hall–Kier alpha value is -1.32. The van der Waals surface area contributed by atoms with Crippen LogP contribution in [0.5, 0.6) is 0 Å². The second-order valence-electron chi connectivity index (χ2n) is 4.04. The highest BCUT2D eigenvalue weighted by molar-refractivity contribution is 5.17. The average molecular weight is 196 g/mol. The molecular formula is C10H16N2O2. The fourth-order valence-corrected chi connectivity index (χ4v) is 1.40. The van der Waals surface area contributed by atoms with Crippen LogP contribution >= 0.6 is 0 Å². The molecule has 0 aliphatic carbocycles. The van der Waals surface area contributed by atoms with Crippen LogP contribution in [0.3, 0.4) is 0 Å². The first-order valence-electron chi connectivity index (χ1n) is 4.79. The van der Waals surface area contributed by atoms with Crippen LogP contribution in [0, 0.1) is 0 Å². The molecule has 0 aromatic carbocycles. The predicted octanol–water partition coefficient (Wildman–Crippen LogP) is 1.31. The van der Waals surface area contributed by atoms with Crippen molar-refractivity contribution in [3.8, 4) is 0 Å². The van der Waals surface area contributed by atoms with Crippen molar-refractivity contribution >= 4 is 0 Å². The van der Waals surface area contributed by atoms with E-state index in [0.717, 1.165) is 11.4 Å². The molecule has 0 aliphatic rings. The summed E-state index contributed by atoms with van der Waals surface area (Å²) in [6.45, 7) is 7.93. The van der Waals surface area contributed by atoms with Crippen LogP contribution in [0.2, 0.25) is 0 Å². The van der Waals surface area contributed by atoms with Crippen molar-refractivity contribution < 1.29 is 0 Å². The lowest BCUT2D eigenvalue weighted by molar-refractivity contribution is 0.712. The highest BCUT2D eigenvalue weighted by Crippen LogP contribution is 2.19. The van der Waals surface area contributed by atoms with E-state index in [4.69, 9.17) is 0 Å². The highest BCUT2D eigenvalue weighted by Gasteiger charge is 2.12. The normalized spacial score (nSPS) is 11.3. The summed E-state index contributed by atoms with van der Waals surface area (Å²) in [5, 5.41) is 0. The van der Waals surface area contributed by atoms with Gasteiger partial charge in [0, 0.05) is 11.4 Å². The zero-order valence-corrected chi connectivity index (χ0v) is 8.97. The van der Waals surface area contributed by atoms with Gasteiger partial charge in [-0.1, -0.05) is 27.7 Å². The molecule has 0 radical (unpaired) electrons. The van der Waals surface area contributed by atoms with Gasteiger partial charge < -0.3 is 9.97 Å². The number of aromatic nitrogens is 2. The Kier molecular flexibility index (Phi) is 2.93. The molecule has 4 heteroatoms. The third kappa shape index (κ3) is 1.95. The van der Waals surface area contributed by atoms with E-state index in [-0.39, 0.29) is 11.8 Å². The Labute approximate surface area is 82.4 Å². The van der Waals surface area contributed by atoms with Gasteiger partial charge in [-0.25, -0.2) is 0 Å². The number of hydrogen-bond donors (Lipinski definition) is 2. The maximum atomic E-state index is 11.1. The van der Waals surface area contributed by atoms with Crippen molar-refractivity contribution in [2.75, 3.05) is 0 Å². The van der Waals surface area contributed by atoms with Gasteiger partial charge in [0.05, 0.1) is 0 Å². The van der Waals surface area contributed by atoms with Gasteiger partial charge in [0.15, 0.2) is 0 Å². The maximum absolute atomic E-state index is 11.1. The zero-order chi connectivity index (χ0) is 10.9. The smallest absolute Gasteiger partial charge is 0.313 e. The van der Waals surface area contributed by atoms with Crippen molar-refractivity contribution in [2.24, 2.45) is 0 Å². The van der Waals surface area contributed by atoms with Gasteiger partial charge in [-0.2, -0.15) is 0 Å². The first kappa shape index (κ1) is 10.8. The lowest BCUT2D eigenvalue weighted by atomic mass is 10.0. The Morgan fingerprint density at radius 3 is 1.29 bits per heavy atom. The quantitative estimate of drug-likeness (QED) is 0.700. The Morgan fingerprint density at radius 2 is 1.07 bits per heavy atom. The van der Waals surface area contributed by atoms with Crippen molar-refractivity contribution in [1.82, 2.24) is 9.97 Å². The average Bonchev–Trinajstić information content (AvgIpc) is 2.08. The summed E-state index contributed by atoms with van der Waals surface area (Å²) < 4.78 is 0. The molecule has 0 fully saturated rings. The van der Waals surface area contributed by atoms with Gasteiger partial charge in [-0.3, -0.25) is 9.59 Å². The van der Waals surface area contributed by atoms with Gasteiger partial charge in [0.25, 0.3) is 0 Å². The molecule has 0 atom stereocenters. The molecule has 2 N–H and O–H groups in total. The van der Waals surface area contributed by atoms with Crippen LogP contribution in [0.1, 0.15) is 50.9 Å². The number of H-pyrrole nitrogens is 2. The number of hydrogen-bond acceptors (Lipinski definition) is 2. The number of aromatic amines is 2. The minimum atomic E-state index is -0.571. The second kappa shape index (κ2) is 3.82. The summed E-state index contributed by atoms with van der Waals surface area (Å²) in [5.74, 6) is 0.411. The SMILES string of the molecule is CC(C)c1[nH]c(=O)c(=O)[nH]c1C(C)C. The molecule has 1 aromatic heterocycles. The molecule has 4 nitrogen and oxygen atoms in total. The van der Waals surface area contributed by atoms with Gasteiger partial charge >= 0.3 is 11.1 Å². The number of rotatable bonds is 2. The van der Waals surface area contributed by atoms with Crippen molar-refractivity contribution in [2.45, 2.75) is 39.5 Å². The van der Waals surface area contributed by atoms with E-state index >= 15 is 0 Å². The summed E-state index contributed by atoms with van der Waals surface area (Å²) in [5.41, 5.74) is 0.505. The van der Waals surface area contributed by atoms with E-state index in [9.17, 15) is 9.59 Å². The molecule has 0 amide bonds. The summed E-state index contributed by atoms with van der Waals surface area (Å²) in [6, 6.07) is 0. The highest BCUT2D eigenvalue weighted by atomic mass is 16.2. The van der Waals surface area contributed by atoms with E-state index in [1.165, 1.54) is 0 Å². The Balaban J connectivity index is 3.47. The summed E-state index contributed by atoms with van der Waals surface area (Å²) in [7, 11) is 0. The molecule has 14 heavy (non-hydrogen) atoms. The lowest BCUT2D eigenvalue weighted by Gasteiger charge is -2.13.